The minimum Gasteiger partial charge on any atom is -0.449 e. The number of esters is 1. The van der Waals surface area contributed by atoms with Crippen LogP contribution in [0, 0.1) is 17.8 Å². The molecular formula is C36H54O6Si. The number of hydrogen-bond donors (Lipinski definition) is 1. The number of cyclic esters (lactones) is 1. The lowest BCUT2D eigenvalue weighted by Crippen LogP contribution is -2.43. The van der Waals surface area contributed by atoms with Crippen LogP contribution in [0.4, 0.5) is 0 Å². The van der Waals surface area contributed by atoms with Gasteiger partial charge in [0.05, 0.1) is 31.0 Å². The van der Waals surface area contributed by atoms with Gasteiger partial charge in [-0.05, 0) is 63.1 Å². The summed E-state index contributed by atoms with van der Waals surface area (Å²) in [4.78, 5) is 12.8. The van der Waals surface area contributed by atoms with Gasteiger partial charge < -0.3 is 23.7 Å². The predicted octanol–water partition coefficient (Wildman–Crippen LogP) is 7.37. The van der Waals surface area contributed by atoms with Crippen molar-refractivity contribution >= 4 is 14.3 Å². The largest absolute Gasteiger partial charge is 0.449 e. The highest BCUT2D eigenvalue weighted by Crippen LogP contribution is 2.38. The van der Waals surface area contributed by atoms with Crippen LogP contribution in [0.3, 0.4) is 0 Å². The van der Waals surface area contributed by atoms with E-state index in [0.29, 0.717) is 31.8 Å². The van der Waals surface area contributed by atoms with Gasteiger partial charge in [-0.15, -0.1) is 0 Å². The van der Waals surface area contributed by atoms with Crippen LogP contribution in [0.1, 0.15) is 79.6 Å². The van der Waals surface area contributed by atoms with E-state index in [4.69, 9.17) is 18.6 Å². The number of aliphatic hydroxyl groups is 1. The van der Waals surface area contributed by atoms with Crippen molar-refractivity contribution in [1.82, 2.24) is 0 Å². The first-order chi connectivity index (χ1) is 20.2. The van der Waals surface area contributed by atoms with E-state index < -0.39 is 26.5 Å². The summed E-state index contributed by atoms with van der Waals surface area (Å²) in [5, 5.41) is 11.2. The molecule has 0 aromatic rings. The second-order valence-corrected chi connectivity index (χ2v) is 18.7. The highest BCUT2D eigenvalue weighted by atomic mass is 28.4. The van der Waals surface area contributed by atoms with E-state index in [9.17, 15) is 9.90 Å². The van der Waals surface area contributed by atoms with Crippen LogP contribution in [0.15, 0.2) is 60.3 Å². The minimum absolute atomic E-state index is 0.0519. The van der Waals surface area contributed by atoms with Crippen LogP contribution in [-0.2, 0) is 23.4 Å². The molecule has 3 aliphatic rings. The summed E-state index contributed by atoms with van der Waals surface area (Å²) in [5.74, 6) is 5.30. The van der Waals surface area contributed by atoms with Crippen LogP contribution >= 0.6 is 0 Å². The molecule has 1 N–H and O–H groups in total. The molecule has 3 aliphatic heterocycles. The first-order valence-electron chi connectivity index (χ1n) is 15.9. The molecule has 238 valence electrons. The molecule has 0 saturated carbocycles. The maximum absolute atomic E-state index is 12.8. The Morgan fingerprint density at radius 3 is 2.63 bits per heavy atom. The third-order valence-electron chi connectivity index (χ3n) is 8.80. The van der Waals surface area contributed by atoms with Crippen LogP contribution in [-0.4, -0.2) is 62.6 Å². The van der Waals surface area contributed by atoms with Crippen LogP contribution in [0.25, 0.3) is 0 Å². The zero-order valence-electron chi connectivity index (χ0n) is 27.4. The summed E-state index contributed by atoms with van der Waals surface area (Å²) in [6, 6.07) is 0. The lowest BCUT2D eigenvalue weighted by Gasteiger charge is -2.39. The Bertz CT molecular complexity index is 1130. The van der Waals surface area contributed by atoms with Crippen molar-refractivity contribution in [3.63, 3.8) is 0 Å². The molecule has 0 saturated heterocycles. The highest BCUT2D eigenvalue weighted by Gasteiger charge is 2.39. The molecule has 7 heteroatoms. The molecule has 0 spiro atoms. The van der Waals surface area contributed by atoms with Crippen molar-refractivity contribution < 1.29 is 28.5 Å². The third kappa shape index (κ3) is 12.0. The Morgan fingerprint density at radius 2 is 1.91 bits per heavy atom. The molecule has 0 aromatic carbocycles. The first-order valence-corrected chi connectivity index (χ1v) is 18.8. The van der Waals surface area contributed by atoms with Crippen molar-refractivity contribution in [2.45, 2.75) is 134 Å². The van der Waals surface area contributed by atoms with Gasteiger partial charge in [0.25, 0.3) is 0 Å². The summed E-state index contributed by atoms with van der Waals surface area (Å²) in [6.07, 6.45) is 16.6. The summed E-state index contributed by atoms with van der Waals surface area (Å²) < 4.78 is 24.6. The molecule has 0 amide bonds. The van der Waals surface area contributed by atoms with Crippen LogP contribution in [0.5, 0.6) is 0 Å². The van der Waals surface area contributed by atoms with Crippen molar-refractivity contribution in [3.8, 4) is 11.8 Å². The van der Waals surface area contributed by atoms with E-state index in [1.165, 1.54) is 5.57 Å². The standard InChI is InChI=1S/C36H54O6Si/c1-26-20-21-39-30(23-26)18-19-33(37)34-16-10-15-32(42-43(7,8)36(4,5)6)25-28(3)22-27(2)24-31-14-9-12-29(40-31)13-11-17-35(38)41-34/h9-10,12,15,18-20,27,29-34,37H,3,13-14,16,21-25H2,1-2,4-8H3/b15-10+,19-18+/t27?,29-,30+,31-,32+,33-,34-/m0/s1. The fourth-order valence-corrected chi connectivity index (χ4v) is 6.64. The maximum Gasteiger partial charge on any atom is 0.384 e. The Balaban J connectivity index is 1.85. The zero-order chi connectivity index (χ0) is 31.6. The molecule has 3 heterocycles. The van der Waals surface area contributed by atoms with Gasteiger partial charge in [-0.3, -0.25) is 0 Å². The van der Waals surface area contributed by atoms with Gasteiger partial charge in [0.15, 0.2) is 8.32 Å². The SMILES string of the molecule is C=C1CC(C)C[C@@H]2CC=C[C@@H](CC#CC(=O)O[C@H]([C@@H](O)/C=C/[C@@H]3CC(C)=CCO3)C/C=C/[C@@H](O[Si](C)(C)C(C)(C)C)C1)O2. The maximum atomic E-state index is 12.8. The number of carbonyl (C=O) groups excluding carboxylic acids is 1. The van der Waals surface area contributed by atoms with Gasteiger partial charge in [0.2, 0.25) is 0 Å². The summed E-state index contributed by atoms with van der Waals surface area (Å²) in [6.45, 7) is 20.5. The monoisotopic (exact) mass is 610 g/mol. The second kappa shape index (κ2) is 16.2. The molecule has 7 atom stereocenters. The van der Waals surface area contributed by atoms with Crippen LogP contribution < -0.4 is 0 Å². The molecule has 6 nitrogen and oxygen atoms in total. The quantitative estimate of drug-likeness (QED) is 0.115. The van der Waals surface area contributed by atoms with E-state index in [0.717, 1.165) is 31.3 Å². The third-order valence-corrected chi connectivity index (χ3v) is 13.3. The van der Waals surface area contributed by atoms with Crippen molar-refractivity contribution in [1.29, 1.82) is 0 Å². The molecule has 3 rings (SSSR count). The molecule has 2 bridgehead atoms. The van der Waals surface area contributed by atoms with Gasteiger partial charge in [-0.1, -0.05) is 93.9 Å². The molecule has 0 fully saturated rings. The smallest absolute Gasteiger partial charge is 0.384 e. The van der Waals surface area contributed by atoms with E-state index in [-0.39, 0.29) is 29.5 Å². The second-order valence-electron chi connectivity index (χ2n) is 14.0. The van der Waals surface area contributed by atoms with E-state index >= 15 is 0 Å². The number of rotatable bonds is 5. The number of fused-ring (bicyclic) bond motifs is 2. The van der Waals surface area contributed by atoms with Gasteiger partial charge in [-0.2, -0.15) is 0 Å². The van der Waals surface area contributed by atoms with E-state index in [2.05, 4.69) is 84.4 Å². The topological polar surface area (TPSA) is 74.2 Å². The lowest BCUT2D eigenvalue weighted by atomic mass is 9.91. The Hall–Kier alpha value is -2.21. The lowest BCUT2D eigenvalue weighted by molar-refractivity contribution is -0.145. The minimum atomic E-state index is -2.08. The fraction of sp³-hybridized carbons (Fsp3) is 0.639. The van der Waals surface area contributed by atoms with Crippen molar-refractivity contribution in [3.05, 3.63) is 60.3 Å². The highest BCUT2D eigenvalue weighted by molar-refractivity contribution is 6.74. The summed E-state index contributed by atoms with van der Waals surface area (Å²) in [7, 11) is -2.08. The number of carbonyl (C=O) groups is 1. The van der Waals surface area contributed by atoms with Gasteiger partial charge in [0, 0.05) is 18.8 Å². The molecule has 1 unspecified atom stereocenters. The fourth-order valence-electron chi connectivity index (χ4n) is 5.37. The van der Waals surface area contributed by atoms with Gasteiger partial charge in [0.1, 0.15) is 12.2 Å². The number of ether oxygens (including phenoxy) is 3. The molecule has 43 heavy (non-hydrogen) atoms. The summed E-state index contributed by atoms with van der Waals surface area (Å²) >= 11 is 0. The Kier molecular flexibility index (Phi) is 13.3. The average Bonchev–Trinajstić information content (AvgIpc) is 2.90. The normalized spacial score (nSPS) is 31.7. The Labute approximate surface area is 261 Å². The van der Waals surface area contributed by atoms with Crippen molar-refractivity contribution in [2.24, 2.45) is 5.92 Å². The van der Waals surface area contributed by atoms with Crippen LogP contribution in [0.2, 0.25) is 18.1 Å². The number of hydrogen-bond acceptors (Lipinski definition) is 6. The Morgan fingerprint density at radius 1 is 1.16 bits per heavy atom. The van der Waals surface area contributed by atoms with Crippen molar-refractivity contribution in [2.75, 3.05) is 6.61 Å². The molecule has 0 aromatic heterocycles. The zero-order valence-corrected chi connectivity index (χ0v) is 28.4. The van der Waals surface area contributed by atoms with Gasteiger partial charge in [-0.25, -0.2) is 4.79 Å². The molecular weight excluding hydrogens is 556 g/mol. The van der Waals surface area contributed by atoms with E-state index in [1.807, 2.05) is 18.2 Å². The van der Waals surface area contributed by atoms with E-state index in [1.54, 1.807) is 6.08 Å². The molecule has 0 aliphatic carbocycles. The summed E-state index contributed by atoms with van der Waals surface area (Å²) in [5.41, 5.74) is 2.40. The van der Waals surface area contributed by atoms with Gasteiger partial charge >= 0.3 is 5.97 Å². The first kappa shape index (κ1) is 35.3. The average molecular weight is 611 g/mol. The number of aliphatic hydroxyl groups excluding tert-OH is 1. The predicted molar refractivity (Wildman–Crippen MR) is 176 cm³/mol. The molecule has 0 radical (unpaired) electrons.